The van der Waals surface area contributed by atoms with E-state index in [1.165, 1.54) is 5.56 Å². The predicted octanol–water partition coefficient (Wildman–Crippen LogP) is 2.57. The smallest absolute Gasteiger partial charge is 0.362 e. The Morgan fingerprint density at radius 2 is 1.62 bits per heavy atom. The van der Waals surface area contributed by atoms with Crippen molar-refractivity contribution in [2.75, 3.05) is 5.32 Å². The van der Waals surface area contributed by atoms with E-state index in [1.54, 1.807) is 12.1 Å². The maximum absolute atomic E-state index is 12.3. The number of anilines is 1. The van der Waals surface area contributed by atoms with Gasteiger partial charge in [-0.15, -0.1) is 0 Å². The van der Waals surface area contributed by atoms with Crippen molar-refractivity contribution in [3.05, 3.63) is 90.0 Å². The molecule has 0 unspecified atom stereocenters. The first-order valence-electron chi connectivity index (χ1n) is 7.97. The van der Waals surface area contributed by atoms with Gasteiger partial charge in [0.05, 0.1) is 6.61 Å². The van der Waals surface area contributed by atoms with E-state index in [0.717, 1.165) is 16.6 Å². The molecule has 0 aliphatic carbocycles. The van der Waals surface area contributed by atoms with Crippen LogP contribution in [0.2, 0.25) is 0 Å². The third-order valence-electron chi connectivity index (χ3n) is 4.23. The summed E-state index contributed by atoms with van der Waals surface area (Å²) in [5.41, 5.74) is 4.85. The van der Waals surface area contributed by atoms with Gasteiger partial charge in [-0.25, -0.2) is 0 Å². The maximum atomic E-state index is 12.3. The fraction of sp³-hybridized carbons (Fsp3) is 0.0500. The standard InChI is InChI=1S/C20H16BNO2/c23-20(15-7-3-1-4-8-15)22-18-12-11-16-14-24-21(19(16)13-18)17-9-5-2-6-10-17/h1-13H,14H2,(H,22,23). The summed E-state index contributed by atoms with van der Waals surface area (Å²) in [4.78, 5) is 12.3. The molecule has 0 bridgehead atoms. The van der Waals surface area contributed by atoms with Crippen LogP contribution >= 0.6 is 0 Å². The van der Waals surface area contributed by atoms with Crippen LogP contribution in [-0.2, 0) is 11.3 Å². The molecule has 3 nitrogen and oxygen atoms in total. The zero-order valence-corrected chi connectivity index (χ0v) is 13.1. The van der Waals surface area contributed by atoms with E-state index in [4.69, 9.17) is 4.65 Å². The Hall–Kier alpha value is -2.85. The Balaban J connectivity index is 1.60. The van der Waals surface area contributed by atoms with Gasteiger partial charge in [0.1, 0.15) is 0 Å². The fourth-order valence-electron chi connectivity index (χ4n) is 3.01. The quantitative estimate of drug-likeness (QED) is 0.755. The normalized spacial score (nSPS) is 12.8. The summed E-state index contributed by atoms with van der Waals surface area (Å²) in [5, 5.41) is 2.97. The van der Waals surface area contributed by atoms with Crippen molar-refractivity contribution in [1.29, 1.82) is 0 Å². The van der Waals surface area contributed by atoms with Crippen LogP contribution in [0.3, 0.4) is 0 Å². The average Bonchev–Trinajstić information content (AvgIpc) is 3.06. The Morgan fingerprint density at radius 3 is 2.38 bits per heavy atom. The van der Waals surface area contributed by atoms with E-state index in [9.17, 15) is 4.79 Å². The number of amides is 1. The minimum Gasteiger partial charge on any atom is -0.423 e. The van der Waals surface area contributed by atoms with Gasteiger partial charge < -0.3 is 9.97 Å². The van der Waals surface area contributed by atoms with Gasteiger partial charge in [-0.05, 0) is 40.8 Å². The number of carbonyl (C=O) groups excluding carboxylic acids is 1. The SMILES string of the molecule is O=C(Nc1ccc2c(c1)B(c1ccccc1)OC2)c1ccccc1. The summed E-state index contributed by atoms with van der Waals surface area (Å²) in [7, 11) is 0. The third-order valence-corrected chi connectivity index (χ3v) is 4.23. The van der Waals surface area contributed by atoms with Crippen LogP contribution in [0.4, 0.5) is 5.69 Å². The van der Waals surface area contributed by atoms with Gasteiger partial charge in [0, 0.05) is 11.3 Å². The van der Waals surface area contributed by atoms with Crippen LogP contribution < -0.4 is 16.2 Å². The first kappa shape index (κ1) is 14.7. The van der Waals surface area contributed by atoms with Gasteiger partial charge in [0.2, 0.25) is 0 Å². The van der Waals surface area contributed by atoms with E-state index < -0.39 is 0 Å². The summed E-state index contributed by atoms with van der Waals surface area (Å²) in [5.74, 6) is -0.106. The second-order valence-corrected chi connectivity index (χ2v) is 5.84. The van der Waals surface area contributed by atoms with Crippen molar-refractivity contribution in [3.63, 3.8) is 0 Å². The second kappa shape index (κ2) is 6.34. The molecule has 0 radical (unpaired) electrons. The van der Waals surface area contributed by atoms with Crippen molar-refractivity contribution >= 4 is 29.4 Å². The molecule has 1 aliphatic rings. The molecule has 24 heavy (non-hydrogen) atoms. The molecule has 1 heterocycles. The number of carbonyl (C=O) groups is 1. The molecule has 1 aliphatic heterocycles. The summed E-state index contributed by atoms with van der Waals surface area (Å²) >= 11 is 0. The number of hydrogen-bond acceptors (Lipinski definition) is 2. The lowest BCUT2D eigenvalue weighted by atomic mass is 9.56. The fourth-order valence-corrected chi connectivity index (χ4v) is 3.01. The highest BCUT2D eigenvalue weighted by atomic mass is 16.4. The Bertz CT molecular complexity index is 865. The lowest BCUT2D eigenvalue weighted by molar-refractivity contribution is 0.102. The van der Waals surface area contributed by atoms with Crippen LogP contribution in [0.25, 0.3) is 0 Å². The zero-order valence-electron chi connectivity index (χ0n) is 13.1. The number of fused-ring (bicyclic) bond motifs is 1. The summed E-state index contributed by atoms with van der Waals surface area (Å²) in [6, 6.07) is 25.3. The maximum Gasteiger partial charge on any atom is 0.362 e. The molecule has 3 aromatic rings. The van der Waals surface area contributed by atoms with E-state index in [0.29, 0.717) is 12.2 Å². The first-order valence-corrected chi connectivity index (χ1v) is 7.97. The summed E-state index contributed by atoms with van der Waals surface area (Å²) < 4.78 is 5.94. The minimum absolute atomic E-state index is 0.0743. The lowest BCUT2D eigenvalue weighted by Crippen LogP contribution is -2.41. The van der Waals surface area contributed by atoms with Crippen LogP contribution in [0.1, 0.15) is 15.9 Å². The lowest BCUT2D eigenvalue weighted by Gasteiger charge is -2.10. The Kier molecular flexibility index (Phi) is 3.89. The molecule has 116 valence electrons. The number of rotatable bonds is 3. The van der Waals surface area contributed by atoms with Crippen LogP contribution in [-0.4, -0.2) is 12.8 Å². The number of hydrogen-bond donors (Lipinski definition) is 1. The third kappa shape index (κ3) is 2.84. The molecular formula is C20H16BNO2. The molecule has 1 amide bonds. The van der Waals surface area contributed by atoms with Crippen molar-refractivity contribution in [1.82, 2.24) is 0 Å². The molecule has 0 saturated heterocycles. The minimum atomic E-state index is -0.106. The van der Waals surface area contributed by atoms with E-state index in [2.05, 4.69) is 17.4 Å². The second-order valence-electron chi connectivity index (χ2n) is 5.84. The van der Waals surface area contributed by atoms with Gasteiger partial charge in [-0.1, -0.05) is 54.6 Å². The number of nitrogens with one attached hydrogen (secondary N) is 1. The van der Waals surface area contributed by atoms with Crippen molar-refractivity contribution < 1.29 is 9.45 Å². The average molecular weight is 313 g/mol. The highest BCUT2D eigenvalue weighted by molar-refractivity contribution is 6.81. The molecule has 3 aromatic carbocycles. The van der Waals surface area contributed by atoms with E-state index >= 15 is 0 Å². The van der Waals surface area contributed by atoms with Crippen molar-refractivity contribution in [3.8, 4) is 0 Å². The molecular weight excluding hydrogens is 297 g/mol. The van der Waals surface area contributed by atoms with Crippen LogP contribution in [0.15, 0.2) is 78.9 Å². The van der Waals surface area contributed by atoms with E-state index in [-0.39, 0.29) is 12.8 Å². The molecule has 4 rings (SSSR count). The highest BCUT2D eigenvalue weighted by Crippen LogP contribution is 2.16. The predicted molar refractivity (Wildman–Crippen MR) is 97.1 cm³/mol. The number of benzene rings is 3. The topological polar surface area (TPSA) is 38.3 Å². The van der Waals surface area contributed by atoms with Gasteiger partial charge in [0.15, 0.2) is 0 Å². The Morgan fingerprint density at radius 1 is 0.917 bits per heavy atom. The van der Waals surface area contributed by atoms with Gasteiger partial charge in [-0.2, -0.15) is 0 Å². The monoisotopic (exact) mass is 313 g/mol. The van der Waals surface area contributed by atoms with Gasteiger partial charge in [-0.3, -0.25) is 4.79 Å². The van der Waals surface area contributed by atoms with Crippen molar-refractivity contribution in [2.45, 2.75) is 6.61 Å². The first-order chi connectivity index (χ1) is 11.8. The molecule has 4 heteroatoms. The molecule has 0 aromatic heterocycles. The molecule has 1 N–H and O–H groups in total. The molecule has 0 saturated carbocycles. The van der Waals surface area contributed by atoms with Gasteiger partial charge >= 0.3 is 6.92 Å². The van der Waals surface area contributed by atoms with Crippen LogP contribution in [0.5, 0.6) is 0 Å². The zero-order chi connectivity index (χ0) is 16.4. The van der Waals surface area contributed by atoms with Gasteiger partial charge in [0.25, 0.3) is 5.91 Å². The summed E-state index contributed by atoms with van der Waals surface area (Å²) in [6.07, 6.45) is 0. The largest absolute Gasteiger partial charge is 0.423 e. The summed E-state index contributed by atoms with van der Waals surface area (Å²) in [6.45, 7) is 0.525. The molecule has 0 spiro atoms. The van der Waals surface area contributed by atoms with Crippen molar-refractivity contribution in [2.24, 2.45) is 0 Å². The highest BCUT2D eigenvalue weighted by Gasteiger charge is 2.30. The molecule has 0 fully saturated rings. The molecule has 0 atom stereocenters. The van der Waals surface area contributed by atoms with E-state index in [1.807, 2.05) is 54.6 Å². The Labute approximate surface area is 141 Å². The van der Waals surface area contributed by atoms with Crippen LogP contribution in [0, 0.1) is 0 Å².